The summed E-state index contributed by atoms with van der Waals surface area (Å²) in [6, 6.07) is 17.1. The standard InChI is InChI=1S/C26H23ClF3N5O/c27-21-14-31-25(33-17-8-6-7-16(13-17)32-24(36)26(28,29)30)34-23(21)20-15-35(18-9-2-1-3-10-18)22-12-5-4-11-19(20)22/h1-5,9-12,14-17H,6-8,13H2,(H,32,36)(H,31,33,34)/t16-,17+/m0/s1. The second kappa shape index (κ2) is 9.81. The van der Waals surface area contributed by atoms with Gasteiger partial charge in [0.15, 0.2) is 0 Å². The second-order valence-corrected chi connectivity index (χ2v) is 9.24. The summed E-state index contributed by atoms with van der Waals surface area (Å²) < 4.78 is 40.0. The Hall–Kier alpha value is -3.59. The van der Waals surface area contributed by atoms with Gasteiger partial charge in [-0.2, -0.15) is 13.2 Å². The number of amides is 1. The van der Waals surface area contributed by atoms with Crippen LogP contribution >= 0.6 is 11.6 Å². The number of nitrogens with zero attached hydrogens (tertiary/aromatic N) is 3. The number of carbonyl (C=O) groups is 1. The summed E-state index contributed by atoms with van der Waals surface area (Å²) in [5, 5.41) is 6.67. The molecule has 0 saturated heterocycles. The van der Waals surface area contributed by atoms with Crippen molar-refractivity contribution in [2.75, 3.05) is 5.32 Å². The Morgan fingerprint density at radius 1 is 1.03 bits per heavy atom. The average molecular weight is 514 g/mol. The fraction of sp³-hybridized carbons (Fsp3) is 0.269. The normalized spacial score (nSPS) is 18.2. The summed E-state index contributed by atoms with van der Waals surface area (Å²) in [5.74, 6) is -1.58. The first-order valence-corrected chi connectivity index (χ1v) is 12.0. The third-order valence-electron chi connectivity index (χ3n) is 6.35. The molecular formula is C26H23ClF3N5O. The van der Waals surface area contributed by atoms with Gasteiger partial charge >= 0.3 is 12.1 Å². The number of halogens is 4. The lowest BCUT2D eigenvalue weighted by Gasteiger charge is -2.30. The van der Waals surface area contributed by atoms with Crippen molar-refractivity contribution >= 4 is 34.4 Å². The van der Waals surface area contributed by atoms with Crippen LogP contribution in [0.25, 0.3) is 27.8 Å². The van der Waals surface area contributed by atoms with E-state index >= 15 is 0 Å². The molecule has 1 saturated carbocycles. The van der Waals surface area contributed by atoms with Crippen LogP contribution in [0.15, 0.2) is 67.0 Å². The number of benzene rings is 2. The minimum absolute atomic E-state index is 0.183. The zero-order chi connectivity index (χ0) is 25.3. The van der Waals surface area contributed by atoms with Crippen LogP contribution in [0.1, 0.15) is 25.7 Å². The number of carbonyl (C=O) groups excluding carboxylic acids is 1. The van der Waals surface area contributed by atoms with E-state index in [2.05, 4.69) is 25.2 Å². The number of alkyl halides is 3. The van der Waals surface area contributed by atoms with E-state index in [-0.39, 0.29) is 6.04 Å². The Morgan fingerprint density at radius 2 is 1.75 bits per heavy atom. The monoisotopic (exact) mass is 513 g/mol. The fourth-order valence-corrected chi connectivity index (χ4v) is 4.89. The van der Waals surface area contributed by atoms with Crippen LogP contribution in [0.2, 0.25) is 5.02 Å². The third kappa shape index (κ3) is 5.02. The third-order valence-corrected chi connectivity index (χ3v) is 6.62. The van der Waals surface area contributed by atoms with Crippen LogP contribution < -0.4 is 10.6 Å². The Morgan fingerprint density at radius 3 is 2.53 bits per heavy atom. The molecule has 2 aromatic carbocycles. The Balaban J connectivity index is 1.42. The molecule has 0 aliphatic heterocycles. The zero-order valence-corrected chi connectivity index (χ0v) is 19.9. The minimum Gasteiger partial charge on any atom is -0.351 e. The van der Waals surface area contributed by atoms with Crippen molar-refractivity contribution in [2.45, 2.75) is 43.9 Å². The van der Waals surface area contributed by atoms with Crippen molar-refractivity contribution in [2.24, 2.45) is 0 Å². The van der Waals surface area contributed by atoms with Crippen molar-refractivity contribution in [3.8, 4) is 16.9 Å². The van der Waals surface area contributed by atoms with E-state index in [1.807, 2.05) is 60.8 Å². The summed E-state index contributed by atoms with van der Waals surface area (Å²) in [6.07, 6.45) is 0.849. The van der Waals surface area contributed by atoms with E-state index < -0.39 is 18.1 Å². The summed E-state index contributed by atoms with van der Waals surface area (Å²) in [5.41, 5.74) is 3.39. The van der Waals surface area contributed by atoms with Crippen molar-refractivity contribution in [3.63, 3.8) is 0 Å². The summed E-state index contributed by atoms with van der Waals surface area (Å²) in [4.78, 5) is 20.3. The SMILES string of the molecule is O=C(N[C@H]1CCC[C@@H](Nc2ncc(Cl)c(-c3cn(-c4ccccc4)c4ccccc34)n2)C1)C(F)(F)F. The van der Waals surface area contributed by atoms with Gasteiger partial charge in [-0.25, -0.2) is 9.97 Å². The smallest absolute Gasteiger partial charge is 0.351 e. The van der Waals surface area contributed by atoms with Crippen molar-refractivity contribution in [1.29, 1.82) is 0 Å². The predicted octanol–water partition coefficient (Wildman–Crippen LogP) is 6.14. The highest BCUT2D eigenvalue weighted by Crippen LogP contribution is 2.35. The number of hydrogen-bond donors (Lipinski definition) is 2. The molecule has 2 aromatic heterocycles. The Bertz CT molecular complexity index is 1390. The van der Waals surface area contributed by atoms with Crippen LogP contribution in [0.4, 0.5) is 19.1 Å². The molecule has 0 unspecified atom stereocenters. The highest BCUT2D eigenvalue weighted by atomic mass is 35.5. The average Bonchev–Trinajstić information content (AvgIpc) is 3.25. The zero-order valence-electron chi connectivity index (χ0n) is 19.1. The number of aromatic nitrogens is 3. The van der Waals surface area contributed by atoms with E-state index in [1.165, 1.54) is 6.20 Å². The molecule has 1 fully saturated rings. The molecule has 0 bridgehead atoms. The van der Waals surface area contributed by atoms with Gasteiger partial charge in [-0.05, 0) is 43.9 Å². The molecule has 0 spiro atoms. The number of rotatable bonds is 5. The minimum atomic E-state index is -4.90. The van der Waals surface area contributed by atoms with Gasteiger partial charge in [-0.3, -0.25) is 4.79 Å². The lowest BCUT2D eigenvalue weighted by Crippen LogP contribution is -2.46. The molecule has 2 heterocycles. The first-order chi connectivity index (χ1) is 17.3. The van der Waals surface area contributed by atoms with Crippen LogP contribution in [0, 0.1) is 0 Å². The van der Waals surface area contributed by atoms with Gasteiger partial charge in [0.1, 0.15) is 0 Å². The molecule has 1 aliphatic rings. The fourth-order valence-electron chi connectivity index (χ4n) is 4.70. The van der Waals surface area contributed by atoms with Gasteiger partial charge in [0.05, 0.1) is 22.4 Å². The molecule has 36 heavy (non-hydrogen) atoms. The Kier molecular flexibility index (Phi) is 6.57. The van der Waals surface area contributed by atoms with Crippen LogP contribution in [-0.2, 0) is 4.79 Å². The summed E-state index contributed by atoms with van der Waals surface area (Å²) in [6.45, 7) is 0. The van der Waals surface area contributed by atoms with Gasteiger partial charge in [0.25, 0.3) is 0 Å². The lowest BCUT2D eigenvalue weighted by atomic mass is 9.91. The highest BCUT2D eigenvalue weighted by Gasteiger charge is 2.40. The number of fused-ring (bicyclic) bond motifs is 1. The van der Waals surface area contributed by atoms with Gasteiger partial charge in [-0.1, -0.05) is 48.0 Å². The molecule has 2 atom stereocenters. The molecule has 6 nitrogen and oxygen atoms in total. The maximum absolute atomic E-state index is 12.7. The maximum Gasteiger partial charge on any atom is 0.471 e. The quantitative estimate of drug-likeness (QED) is 0.336. The molecule has 0 radical (unpaired) electrons. The maximum atomic E-state index is 12.7. The molecule has 1 amide bonds. The topological polar surface area (TPSA) is 71.8 Å². The van der Waals surface area contributed by atoms with Crippen LogP contribution in [0.3, 0.4) is 0 Å². The van der Waals surface area contributed by atoms with Crippen molar-refractivity contribution in [3.05, 3.63) is 72.0 Å². The van der Waals surface area contributed by atoms with Gasteiger partial charge in [0.2, 0.25) is 5.95 Å². The van der Waals surface area contributed by atoms with Crippen molar-refractivity contribution < 1.29 is 18.0 Å². The molecule has 4 aromatic rings. The highest BCUT2D eigenvalue weighted by molar-refractivity contribution is 6.33. The molecule has 2 N–H and O–H groups in total. The molecule has 10 heteroatoms. The van der Waals surface area contributed by atoms with E-state index in [1.54, 1.807) is 0 Å². The summed E-state index contributed by atoms with van der Waals surface area (Å²) in [7, 11) is 0. The molecule has 186 valence electrons. The molecule has 1 aliphatic carbocycles. The van der Waals surface area contributed by atoms with Gasteiger partial charge in [-0.15, -0.1) is 0 Å². The number of hydrogen-bond acceptors (Lipinski definition) is 4. The first-order valence-electron chi connectivity index (χ1n) is 11.6. The Labute approximate surface area is 210 Å². The van der Waals surface area contributed by atoms with E-state index in [9.17, 15) is 18.0 Å². The van der Waals surface area contributed by atoms with Crippen LogP contribution in [0.5, 0.6) is 0 Å². The largest absolute Gasteiger partial charge is 0.471 e. The molecular weight excluding hydrogens is 491 g/mol. The van der Waals surface area contributed by atoms with Crippen LogP contribution in [-0.4, -0.2) is 38.7 Å². The second-order valence-electron chi connectivity index (χ2n) is 8.83. The molecule has 5 rings (SSSR count). The number of para-hydroxylation sites is 2. The number of nitrogens with one attached hydrogen (secondary N) is 2. The van der Waals surface area contributed by atoms with E-state index in [0.29, 0.717) is 35.9 Å². The number of anilines is 1. The van der Waals surface area contributed by atoms with E-state index in [0.717, 1.165) is 28.6 Å². The summed E-state index contributed by atoms with van der Waals surface area (Å²) >= 11 is 6.54. The predicted molar refractivity (Wildman–Crippen MR) is 133 cm³/mol. The lowest BCUT2D eigenvalue weighted by molar-refractivity contribution is -0.174. The van der Waals surface area contributed by atoms with Crippen molar-refractivity contribution in [1.82, 2.24) is 19.9 Å². The van der Waals surface area contributed by atoms with Gasteiger partial charge < -0.3 is 15.2 Å². The van der Waals surface area contributed by atoms with Gasteiger partial charge in [0, 0.05) is 34.9 Å². The first kappa shape index (κ1) is 24.1. The van der Waals surface area contributed by atoms with E-state index in [4.69, 9.17) is 11.6 Å².